The molecular weight excluding hydrogens is 363 g/mol. The number of H-pyrrole nitrogens is 1. The van der Waals surface area contributed by atoms with Crippen LogP contribution in [0.1, 0.15) is 12.8 Å². The number of pyridine rings is 1. The molecule has 4 heteroatoms. The second-order valence-corrected chi connectivity index (χ2v) is 7.03. The van der Waals surface area contributed by atoms with E-state index in [0.717, 1.165) is 57.6 Å². The lowest BCUT2D eigenvalue weighted by Gasteiger charge is -2.15. The fourth-order valence-corrected chi connectivity index (χ4v) is 3.65. The van der Waals surface area contributed by atoms with Crippen LogP contribution < -0.4 is 4.74 Å². The lowest BCUT2D eigenvalue weighted by Crippen LogP contribution is -1.98. The minimum Gasteiger partial charge on any atom is -0.461 e. The molecule has 0 aliphatic heterocycles. The first-order chi connectivity index (χ1) is 14.3. The summed E-state index contributed by atoms with van der Waals surface area (Å²) in [5.74, 6) is 1.50. The lowest BCUT2D eigenvalue weighted by molar-refractivity contribution is 0.404. The molecule has 2 aromatic carbocycles. The van der Waals surface area contributed by atoms with E-state index in [0.29, 0.717) is 0 Å². The Morgan fingerprint density at radius 1 is 0.966 bits per heavy atom. The maximum Gasteiger partial charge on any atom is 0.137 e. The first-order valence-electron chi connectivity index (χ1n) is 9.64. The molecule has 1 aliphatic rings. The van der Waals surface area contributed by atoms with Crippen LogP contribution in [0.15, 0.2) is 91.0 Å². The smallest absolute Gasteiger partial charge is 0.137 e. The number of ether oxygens (including phenoxy) is 1. The molecule has 0 radical (unpaired) electrons. The molecule has 0 spiro atoms. The molecule has 0 fully saturated rings. The average Bonchev–Trinajstić information content (AvgIpc) is 3.18. The van der Waals surface area contributed by atoms with Crippen molar-refractivity contribution >= 4 is 11.0 Å². The van der Waals surface area contributed by atoms with Gasteiger partial charge in [-0.1, -0.05) is 42.5 Å². The first kappa shape index (κ1) is 17.4. The summed E-state index contributed by atoms with van der Waals surface area (Å²) in [4.78, 5) is 7.77. The lowest BCUT2D eigenvalue weighted by atomic mass is 10.0. The van der Waals surface area contributed by atoms with Crippen LogP contribution in [0.25, 0.3) is 33.3 Å². The van der Waals surface area contributed by atoms with Crippen LogP contribution in [-0.2, 0) is 0 Å². The molecule has 0 amide bonds. The molecule has 0 saturated carbocycles. The number of benzene rings is 2. The summed E-state index contributed by atoms with van der Waals surface area (Å²) < 4.78 is 19.9. The molecule has 142 valence electrons. The number of aromatic amines is 1. The van der Waals surface area contributed by atoms with Crippen LogP contribution in [0.5, 0.6) is 5.75 Å². The molecule has 5 rings (SSSR count). The molecule has 0 bridgehead atoms. The number of aromatic nitrogens is 2. The van der Waals surface area contributed by atoms with Crippen LogP contribution in [0, 0.1) is 5.82 Å². The normalized spacial score (nSPS) is 13.5. The topological polar surface area (TPSA) is 37.9 Å². The third-order valence-corrected chi connectivity index (χ3v) is 5.08. The van der Waals surface area contributed by atoms with Crippen molar-refractivity contribution in [3.05, 3.63) is 96.8 Å². The van der Waals surface area contributed by atoms with Crippen LogP contribution >= 0.6 is 0 Å². The van der Waals surface area contributed by atoms with E-state index in [1.54, 1.807) is 6.07 Å². The number of nitrogens with zero attached hydrogens (tertiary/aromatic N) is 1. The number of fused-ring (bicyclic) bond motifs is 1. The Kier molecular flexibility index (Phi) is 4.45. The number of halogens is 1. The van der Waals surface area contributed by atoms with Gasteiger partial charge in [0.2, 0.25) is 0 Å². The van der Waals surface area contributed by atoms with Crippen molar-refractivity contribution in [2.45, 2.75) is 12.8 Å². The third-order valence-electron chi connectivity index (χ3n) is 5.08. The van der Waals surface area contributed by atoms with Gasteiger partial charge in [-0.25, -0.2) is 9.37 Å². The highest BCUT2D eigenvalue weighted by Gasteiger charge is 2.13. The first-order valence-corrected chi connectivity index (χ1v) is 9.64. The quantitative estimate of drug-likeness (QED) is 0.429. The van der Waals surface area contributed by atoms with Gasteiger partial charge in [0, 0.05) is 40.9 Å². The molecule has 0 saturated heterocycles. The Hall–Kier alpha value is -3.66. The van der Waals surface area contributed by atoms with Crippen molar-refractivity contribution in [2.75, 3.05) is 0 Å². The predicted molar refractivity (Wildman–Crippen MR) is 114 cm³/mol. The van der Waals surface area contributed by atoms with Crippen LogP contribution in [0.4, 0.5) is 4.39 Å². The number of para-hydroxylation sites is 1. The Bertz CT molecular complexity index is 1250. The van der Waals surface area contributed by atoms with Gasteiger partial charge in [0.1, 0.15) is 23.0 Å². The highest BCUT2D eigenvalue weighted by atomic mass is 19.1. The van der Waals surface area contributed by atoms with Crippen molar-refractivity contribution in [3.63, 3.8) is 0 Å². The molecule has 0 atom stereocenters. The van der Waals surface area contributed by atoms with E-state index in [9.17, 15) is 4.39 Å². The maximum atomic E-state index is 13.7. The van der Waals surface area contributed by atoms with E-state index in [1.165, 1.54) is 12.1 Å². The zero-order valence-electron chi connectivity index (χ0n) is 15.7. The number of hydrogen-bond donors (Lipinski definition) is 1. The number of hydrogen-bond acceptors (Lipinski definition) is 2. The number of allylic oxidation sites excluding steroid dienone is 4. The largest absolute Gasteiger partial charge is 0.461 e. The fraction of sp³-hybridized carbons (Fsp3) is 0.0800. The van der Waals surface area contributed by atoms with E-state index >= 15 is 0 Å². The Balaban J connectivity index is 1.59. The summed E-state index contributed by atoms with van der Waals surface area (Å²) in [6.45, 7) is 0. The monoisotopic (exact) mass is 382 g/mol. The highest BCUT2D eigenvalue weighted by Crippen LogP contribution is 2.35. The summed E-state index contributed by atoms with van der Waals surface area (Å²) in [5, 5.41) is 0.947. The summed E-state index contributed by atoms with van der Waals surface area (Å²) in [5.41, 5.74) is 4.44. The van der Waals surface area contributed by atoms with E-state index in [1.807, 2.05) is 54.9 Å². The summed E-state index contributed by atoms with van der Waals surface area (Å²) >= 11 is 0. The van der Waals surface area contributed by atoms with Crippen molar-refractivity contribution in [2.24, 2.45) is 0 Å². The molecule has 2 heterocycles. The Labute approximate surface area is 168 Å². The van der Waals surface area contributed by atoms with Crippen molar-refractivity contribution in [1.29, 1.82) is 0 Å². The Morgan fingerprint density at radius 3 is 2.76 bits per heavy atom. The molecule has 1 N–H and O–H groups in total. The van der Waals surface area contributed by atoms with E-state index in [-0.39, 0.29) is 5.82 Å². The average molecular weight is 382 g/mol. The molecule has 3 nitrogen and oxygen atoms in total. The van der Waals surface area contributed by atoms with Gasteiger partial charge in [-0.2, -0.15) is 0 Å². The second-order valence-electron chi connectivity index (χ2n) is 7.03. The second kappa shape index (κ2) is 7.40. The van der Waals surface area contributed by atoms with Gasteiger partial charge >= 0.3 is 0 Å². The third kappa shape index (κ3) is 3.45. The van der Waals surface area contributed by atoms with Crippen molar-refractivity contribution in [1.82, 2.24) is 9.97 Å². The summed E-state index contributed by atoms with van der Waals surface area (Å²) in [7, 11) is 0. The van der Waals surface area contributed by atoms with Crippen LogP contribution in [0.2, 0.25) is 0 Å². The standard InChI is InChI=1S/C25H19FN2O/c26-19-8-6-7-17(13-19)23-16-28-25-22(23)14-18(15-27-25)21-11-4-5-12-24(21)29-20-9-2-1-3-10-20/h1-2,4-9,11-16H,3,10H2,(H,27,28). The number of nitrogens with one attached hydrogen (secondary N) is 1. The van der Waals surface area contributed by atoms with Gasteiger partial charge in [0.05, 0.1) is 0 Å². The van der Waals surface area contributed by atoms with E-state index < -0.39 is 0 Å². The molecule has 0 unspecified atom stereocenters. The van der Waals surface area contributed by atoms with Gasteiger partial charge in [0.25, 0.3) is 0 Å². The molecule has 29 heavy (non-hydrogen) atoms. The maximum absolute atomic E-state index is 13.7. The molecular formula is C25H19FN2O. The van der Waals surface area contributed by atoms with Crippen molar-refractivity contribution in [3.8, 4) is 28.0 Å². The van der Waals surface area contributed by atoms with Crippen molar-refractivity contribution < 1.29 is 9.13 Å². The van der Waals surface area contributed by atoms with Gasteiger partial charge < -0.3 is 9.72 Å². The van der Waals surface area contributed by atoms with Gasteiger partial charge in [-0.15, -0.1) is 0 Å². The van der Waals surface area contributed by atoms with Gasteiger partial charge in [-0.3, -0.25) is 0 Å². The number of rotatable bonds is 4. The molecule has 4 aromatic rings. The van der Waals surface area contributed by atoms with Gasteiger partial charge in [-0.05, 0) is 42.3 Å². The van der Waals surface area contributed by atoms with Crippen LogP contribution in [0.3, 0.4) is 0 Å². The minimum absolute atomic E-state index is 0.255. The SMILES string of the molecule is Fc1cccc(-c2c[nH]c3ncc(-c4ccccc4OC4=CC=CCC4)cc23)c1. The molecule has 1 aliphatic carbocycles. The zero-order chi connectivity index (χ0) is 19.6. The Morgan fingerprint density at radius 2 is 1.90 bits per heavy atom. The minimum atomic E-state index is -0.255. The van der Waals surface area contributed by atoms with Gasteiger partial charge in [0.15, 0.2) is 0 Å². The van der Waals surface area contributed by atoms with E-state index in [2.05, 4.69) is 22.1 Å². The van der Waals surface area contributed by atoms with E-state index in [4.69, 9.17) is 4.74 Å². The molecule has 2 aromatic heterocycles. The predicted octanol–water partition coefficient (Wildman–Crippen LogP) is 6.65. The van der Waals surface area contributed by atoms with Crippen LogP contribution in [-0.4, -0.2) is 9.97 Å². The highest BCUT2D eigenvalue weighted by molar-refractivity contribution is 5.96. The fourth-order valence-electron chi connectivity index (χ4n) is 3.65. The summed E-state index contributed by atoms with van der Waals surface area (Å²) in [6, 6.07) is 16.7. The summed E-state index contributed by atoms with van der Waals surface area (Å²) in [6.07, 6.45) is 11.8. The zero-order valence-corrected chi connectivity index (χ0v) is 15.7.